The van der Waals surface area contributed by atoms with Gasteiger partial charge in [-0.05, 0) is 30.0 Å². The molecular weight excluding hydrogens is 460 g/mol. The second-order valence-corrected chi connectivity index (χ2v) is 10.0. The molecule has 2 atom stereocenters. The number of methoxy groups -OCH3 is 1. The maximum atomic E-state index is 12.9. The van der Waals surface area contributed by atoms with E-state index in [1.807, 2.05) is 18.2 Å². The van der Waals surface area contributed by atoms with Gasteiger partial charge in [-0.2, -0.15) is 0 Å². The molecule has 0 aliphatic rings. The summed E-state index contributed by atoms with van der Waals surface area (Å²) in [5.41, 5.74) is 0.786. The SMILES string of the molecule is COC(=O)[C@@H](CCS(=O)(=O)c1ccccc1)NC(=O)[C@H](NC(=O)OCc1ccccc1)C(C)C. The van der Waals surface area contributed by atoms with Crippen molar-refractivity contribution in [2.75, 3.05) is 12.9 Å². The smallest absolute Gasteiger partial charge is 0.408 e. The van der Waals surface area contributed by atoms with Crippen LogP contribution in [0.15, 0.2) is 65.6 Å². The fourth-order valence-corrected chi connectivity index (χ4v) is 4.45. The summed E-state index contributed by atoms with van der Waals surface area (Å²) in [5, 5.41) is 5.01. The van der Waals surface area contributed by atoms with Crippen LogP contribution < -0.4 is 10.6 Å². The van der Waals surface area contributed by atoms with E-state index in [1.165, 1.54) is 12.1 Å². The normalized spacial score (nSPS) is 12.9. The van der Waals surface area contributed by atoms with Crippen molar-refractivity contribution in [1.82, 2.24) is 10.6 Å². The number of ether oxygens (including phenoxy) is 2. The molecule has 0 aromatic heterocycles. The number of rotatable bonds is 11. The first-order valence-electron chi connectivity index (χ1n) is 10.8. The summed E-state index contributed by atoms with van der Waals surface area (Å²) >= 11 is 0. The zero-order valence-corrected chi connectivity index (χ0v) is 20.2. The molecule has 9 nitrogen and oxygen atoms in total. The van der Waals surface area contributed by atoms with Gasteiger partial charge < -0.3 is 20.1 Å². The van der Waals surface area contributed by atoms with Crippen LogP contribution in [0.25, 0.3) is 0 Å². The molecule has 2 amide bonds. The van der Waals surface area contributed by atoms with Crippen molar-refractivity contribution in [1.29, 1.82) is 0 Å². The topological polar surface area (TPSA) is 128 Å². The van der Waals surface area contributed by atoms with Gasteiger partial charge in [-0.15, -0.1) is 0 Å². The number of hydrogen-bond donors (Lipinski definition) is 2. The van der Waals surface area contributed by atoms with Crippen LogP contribution in [-0.2, 0) is 35.5 Å². The maximum Gasteiger partial charge on any atom is 0.408 e. The summed E-state index contributed by atoms with van der Waals surface area (Å²) in [4.78, 5) is 37.5. The van der Waals surface area contributed by atoms with Crippen molar-refractivity contribution in [3.63, 3.8) is 0 Å². The molecule has 0 aliphatic heterocycles. The lowest BCUT2D eigenvalue weighted by Crippen LogP contribution is -2.54. The van der Waals surface area contributed by atoms with Crippen LogP contribution in [0.3, 0.4) is 0 Å². The molecular formula is C24H30N2O7S. The highest BCUT2D eigenvalue weighted by Crippen LogP contribution is 2.13. The Balaban J connectivity index is 2.01. The Morgan fingerprint density at radius 3 is 2.06 bits per heavy atom. The van der Waals surface area contributed by atoms with Gasteiger partial charge >= 0.3 is 12.1 Å². The van der Waals surface area contributed by atoms with Crippen LogP contribution in [0.2, 0.25) is 0 Å². The minimum atomic E-state index is -3.67. The van der Waals surface area contributed by atoms with Crippen LogP contribution >= 0.6 is 0 Å². The lowest BCUT2D eigenvalue weighted by Gasteiger charge is -2.24. The molecule has 0 aliphatic carbocycles. The highest BCUT2D eigenvalue weighted by molar-refractivity contribution is 7.91. The predicted octanol–water partition coefficient (Wildman–Crippen LogP) is 2.46. The van der Waals surface area contributed by atoms with Gasteiger partial charge in [0.2, 0.25) is 5.91 Å². The average molecular weight is 491 g/mol. The third kappa shape index (κ3) is 8.18. The minimum absolute atomic E-state index is 0.0290. The van der Waals surface area contributed by atoms with Crippen molar-refractivity contribution < 1.29 is 32.3 Å². The predicted molar refractivity (Wildman–Crippen MR) is 125 cm³/mol. The van der Waals surface area contributed by atoms with E-state index in [4.69, 9.17) is 9.47 Å². The third-order valence-electron chi connectivity index (χ3n) is 5.02. The van der Waals surface area contributed by atoms with Gasteiger partial charge in [0.15, 0.2) is 9.84 Å². The standard InChI is InChI=1S/C24H30N2O7S/c1-17(2)21(26-24(29)33-16-18-10-6-4-7-11-18)22(27)25-20(23(28)32-3)14-15-34(30,31)19-12-8-5-9-13-19/h4-13,17,20-21H,14-16H2,1-3H3,(H,25,27)(H,26,29)/t20-,21-/m1/s1. The van der Waals surface area contributed by atoms with Gasteiger partial charge in [0.25, 0.3) is 0 Å². The molecule has 2 aromatic rings. The van der Waals surface area contributed by atoms with E-state index in [1.54, 1.807) is 44.2 Å². The second kappa shape index (κ2) is 12.7. The number of hydrogen-bond acceptors (Lipinski definition) is 7. The van der Waals surface area contributed by atoms with Gasteiger partial charge in [-0.1, -0.05) is 62.4 Å². The Hall–Kier alpha value is -3.40. The molecule has 2 rings (SSSR count). The Labute approximate surface area is 199 Å². The number of amides is 2. The van der Waals surface area contributed by atoms with E-state index in [2.05, 4.69) is 10.6 Å². The molecule has 2 aromatic carbocycles. The summed E-state index contributed by atoms with van der Waals surface area (Å²) in [7, 11) is -2.53. The maximum absolute atomic E-state index is 12.9. The fraction of sp³-hybridized carbons (Fsp3) is 0.375. The molecule has 0 spiro atoms. The van der Waals surface area contributed by atoms with Crippen molar-refractivity contribution in [3.05, 3.63) is 66.2 Å². The fourth-order valence-electron chi connectivity index (χ4n) is 3.10. The largest absolute Gasteiger partial charge is 0.467 e. The number of alkyl carbamates (subject to hydrolysis) is 1. The van der Waals surface area contributed by atoms with Gasteiger partial charge in [0, 0.05) is 0 Å². The van der Waals surface area contributed by atoms with Gasteiger partial charge in [0.05, 0.1) is 17.8 Å². The first-order valence-corrected chi connectivity index (χ1v) is 12.4. The van der Waals surface area contributed by atoms with E-state index in [0.717, 1.165) is 12.7 Å². The molecule has 0 radical (unpaired) electrons. The molecule has 0 fully saturated rings. The van der Waals surface area contributed by atoms with Crippen molar-refractivity contribution in [2.45, 2.75) is 43.9 Å². The summed E-state index contributed by atoms with van der Waals surface area (Å²) in [5.74, 6) is -2.16. The third-order valence-corrected chi connectivity index (χ3v) is 6.78. The van der Waals surface area contributed by atoms with E-state index < -0.39 is 39.9 Å². The van der Waals surface area contributed by atoms with Crippen molar-refractivity contribution in [3.8, 4) is 0 Å². The highest BCUT2D eigenvalue weighted by atomic mass is 32.2. The lowest BCUT2D eigenvalue weighted by atomic mass is 10.0. The summed E-state index contributed by atoms with van der Waals surface area (Å²) in [6.07, 6.45) is -0.988. The molecule has 0 heterocycles. The van der Waals surface area contributed by atoms with Crippen LogP contribution in [0.4, 0.5) is 4.79 Å². The van der Waals surface area contributed by atoms with Crippen LogP contribution in [0.1, 0.15) is 25.8 Å². The first-order chi connectivity index (χ1) is 16.1. The molecule has 0 saturated carbocycles. The van der Waals surface area contributed by atoms with E-state index in [9.17, 15) is 22.8 Å². The highest BCUT2D eigenvalue weighted by Gasteiger charge is 2.30. The number of carbonyl (C=O) groups excluding carboxylic acids is 3. The molecule has 34 heavy (non-hydrogen) atoms. The monoisotopic (exact) mass is 490 g/mol. The van der Waals surface area contributed by atoms with Crippen LogP contribution in [-0.4, -0.2) is 51.3 Å². The molecule has 0 unspecified atom stereocenters. The lowest BCUT2D eigenvalue weighted by molar-refractivity contribution is -0.145. The number of esters is 1. The van der Waals surface area contributed by atoms with E-state index >= 15 is 0 Å². The van der Waals surface area contributed by atoms with Crippen LogP contribution in [0, 0.1) is 5.92 Å². The molecule has 10 heteroatoms. The van der Waals surface area contributed by atoms with E-state index in [0.29, 0.717) is 0 Å². The number of nitrogens with one attached hydrogen (secondary N) is 2. The zero-order valence-electron chi connectivity index (χ0n) is 19.4. The first kappa shape index (κ1) is 26.8. The van der Waals surface area contributed by atoms with Gasteiger partial charge in [-0.3, -0.25) is 4.79 Å². The quantitative estimate of drug-likeness (QED) is 0.463. The molecule has 2 N–H and O–H groups in total. The number of carbonyl (C=O) groups is 3. The number of benzene rings is 2. The van der Waals surface area contributed by atoms with Crippen molar-refractivity contribution in [2.24, 2.45) is 5.92 Å². The van der Waals surface area contributed by atoms with E-state index in [-0.39, 0.29) is 29.6 Å². The van der Waals surface area contributed by atoms with Crippen molar-refractivity contribution >= 4 is 27.8 Å². The van der Waals surface area contributed by atoms with Crippen LogP contribution in [0.5, 0.6) is 0 Å². The van der Waals surface area contributed by atoms with Gasteiger partial charge in [0.1, 0.15) is 18.7 Å². The minimum Gasteiger partial charge on any atom is -0.467 e. The Morgan fingerprint density at radius 2 is 1.50 bits per heavy atom. The summed E-state index contributed by atoms with van der Waals surface area (Å²) in [6.45, 7) is 3.46. The molecule has 184 valence electrons. The summed E-state index contributed by atoms with van der Waals surface area (Å²) < 4.78 is 35.0. The Morgan fingerprint density at radius 1 is 0.912 bits per heavy atom. The second-order valence-electron chi connectivity index (χ2n) is 7.93. The molecule has 0 saturated heterocycles. The average Bonchev–Trinajstić information content (AvgIpc) is 2.84. The molecule has 0 bridgehead atoms. The number of sulfone groups is 1. The zero-order chi connectivity index (χ0) is 25.1. The summed E-state index contributed by atoms with van der Waals surface area (Å²) in [6, 6.07) is 14.6. The Kier molecular flexibility index (Phi) is 10.1. The Bertz CT molecular complexity index is 1060. The van der Waals surface area contributed by atoms with Gasteiger partial charge in [-0.25, -0.2) is 18.0 Å².